The van der Waals surface area contributed by atoms with Crippen LogP contribution in [0.3, 0.4) is 0 Å². The summed E-state index contributed by atoms with van der Waals surface area (Å²) in [5, 5.41) is 0. The lowest BCUT2D eigenvalue weighted by Crippen LogP contribution is -2.00. The van der Waals surface area contributed by atoms with E-state index in [0.29, 0.717) is 11.3 Å². The molecule has 0 saturated carbocycles. The minimum atomic E-state index is -0.368. The van der Waals surface area contributed by atoms with Crippen molar-refractivity contribution in [2.75, 3.05) is 6.67 Å². The number of imidazole rings is 1. The summed E-state index contributed by atoms with van der Waals surface area (Å²) in [6, 6.07) is 0. The Labute approximate surface area is 63.7 Å². The monoisotopic (exact) mass is 160 g/mol. The van der Waals surface area contributed by atoms with E-state index < -0.39 is 0 Å². The number of aromatic nitrogens is 2. The van der Waals surface area contributed by atoms with Crippen molar-refractivity contribution >= 4 is 12.2 Å². The number of halogens is 1. The molecule has 0 amide bonds. The number of nitrogens with one attached hydrogen (secondary N) is 1. The van der Waals surface area contributed by atoms with Crippen LogP contribution in [0.25, 0.3) is 0 Å². The van der Waals surface area contributed by atoms with Gasteiger partial charge in [0.25, 0.3) is 0 Å². The molecule has 0 spiro atoms. The molecule has 1 rings (SSSR count). The predicted molar refractivity (Wildman–Crippen MR) is 40.3 cm³/mol. The summed E-state index contributed by atoms with van der Waals surface area (Å²) >= 11 is 4.88. The molecule has 1 aromatic rings. The number of nitrogens with zero attached hydrogens (tertiary/aromatic N) is 1. The molecule has 1 N–H and O–H groups in total. The SMILES string of the molecule is Cc1c[nH]c(=S)n1CCF. The third kappa shape index (κ3) is 1.26. The van der Waals surface area contributed by atoms with Crippen molar-refractivity contribution in [3.8, 4) is 0 Å². The maximum absolute atomic E-state index is 11.8. The number of hydrogen-bond donors (Lipinski definition) is 1. The first-order chi connectivity index (χ1) is 4.75. The molecule has 2 nitrogen and oxygen atoms in total. The van der Waals surface area contributed by atoms with Gasteiger partial charge in [-0.15, -0.1) is 0 Å². The summed E-state index contributed by atoms with van der Waals surface area (Å²) in [4.78, 5) is 2.83. The van der Waals surface area contributed by atoms with Crippen molar-refractivity contribution < 1.29 is 4.39 Å². The summed E-state index contributed by atoms with van der Waals surface area (Å²) < 4.78 is 14.2. The van der Waals surface area contributed by atoms with Gasteiger partial charge in [0, 0.05) is 11.9 Å². The van der Waals surface area contributed by atoms with E-state index in [-0.39, 0.29) is 6.67 Å². The first-order valence-electron chi connectivity index (χ1n) is 3.06. The van der Waals surface area contributed by atoms with Crippen molar-refractivity contribution in [3.63, 3.8) is 0 Å². The van der Waals surface area contributed by atoms with Crippen LogP contribution in [0.5, 0.6) is 0 Å². The summed E-state index contributed by atoms with van der Waals surface area (Å²) in [6.07, 6.45) is 1.78. The van der Waals surface area contributed by atoms with E-state index in [4.69, 9.17) is 12.2 Å². The van der Waals surface area contributed by atoms with Crippen LogP contribution in [0.15, 0.2) is 6.20 Å². The highest BCUT2D eigenvalue weighted by atomic mass is 32.1. The van der Waals surface area contributed by atoms with Crippen LogP contribution < -0.4 is 0 Å². The molecule has 0 saturated heterocycles. The average molecular weight is 160 g/mol. The molecule has 0 aliphatic rings. The molecule has 0 aliphatic heterocycles. The number of hydrogen-bond acceptors (Lipinski definition) is 1. The van der Waals surface area contributed by atoms with E-state index in [0.717, 1.165) is 5.69 Å². The van der Waals surface area contributed by atoms with Crippen molar-refractivity contribution in [2.24, 2.45) is 0 Å². The van der Waals surface area contributed by atoms with Crippen LogP contribution in [0, 0.1) is 11.7 Å². The van der Waals surface area contributed by atoms with Gasteiger partial charge in [0.1, 0.15) is 6.67 Å². The molecular formula is C6H9FN2S. The van der Waals surface area contributed by atoms with E-state index in [1.165, 1.54) is 0 Å². The number of aryl methyl sites for hydroxylation is 1. The lowest BCUT2D eigenvalue weighted by atomic mass is 10.5. The maximum Gasteiger partial charge on any atom is 0.177 e. The molecule has 0 unspecified atom stereocenters. The Morgan fingerprint density at radius 2 is 2.50 bits per heavy atom. The van der Waals surface area contributed by atoms with E-state index >= 15 is 0 Å². The van der Waals surface area contributed by atoms with Crippen molar-refractivity contribution in [1.82, 2.24) is 9.55 Å². The highest BCUT2D eigenvalue weighted by Crippen LogP contribution is 1.98. The number of alkyl halides is 1. The Hall–Kier alpha value is -0.640. The smallest absolute Gasteiger partial charge is 0.177 e. The molecule has 0 radical (unpaired) electrons. The highest BCUT2D eigenvalue weighted by molar-refractivity contribution is 7.71. The first-order valence-corrected chi connectivity index (χ1v) is 3.47. The standard InChI is InChI=1S/C6H9FN2S/c1-5-4-8-6(10)9(5)3-2-7/h4H,2-3H2,1H3,(H,8,10). The lowest BCUT2D eigenvalue weighted by Gasteiger charge is -1.98. The third-order valence-corrected chi connectivity index (χ3v) is 1.72. The van der Waals surface area contributed by atoms with Gasteiger partial charge in [0.05, 0.1) is 6.54 Å². The minimum absolute atomic E-state index is 0.355. The van der Waals surface area contributed by atoms with Gasteiger partial charge in [-0.2, -0.15) is 0 Å². The maximum atomic E-state index is 11.8. The Kier molecular flexibility index (Phi) is 2.21. The second kappa shape index (κ2) is 2.96. The molecule has 0 atom stereocenters. The Morgan fingerprint density at radius 3 is 2.90 bits per heavy atom. The van der Waals surface area contributed by atoms with Crippen molar-refractivity contribution in [1.29, 1.82) is 0 Å². The second-order valence-electron chi connectivity index (χ2n) is 2.08. The average Bonchev–Trinajstić information content (AvgIpc) is 2.20. The van der Waals surface area contributed by atoms with Crippen LogP contribution in [0.1, 0.15) is 5.69 Å². The van der Waals surface area contributed by atoms with Crippen LogP contribution in [-0.2, 0) is 6.54 Å². The van der Waals surface area contributed by atoms with Gasteiger partial charge in [0.2, 0.25) is 0 Å². The summed E-state index contributed by atoms with van der Waals surface area (Å²) in [5.74, 6) is 0. The van der Waals surface area contributed by atoms with Crippen molar-refractivity contribution in [3.05, 3.63) is 16.7 Å². The van der Waals surface area contributed by atoms with E-state index in [1.54, 1.807) is 10.8 Å². The highest BCUT2D eigenvalue weighted by Gasteiger charge is 1.96. The summed E-state index contributed by atoms with van der Waals surface area (Å²) in [7, 11) is 0. The summed E-state index contributed by atoms with van der Waals surface area (Å²) in [6.45, 7) is 1.88. The number of rotatable bonds is 2. The fraction of sp³-hybridized carbons (Fsp3) is 0.500. The lowest BCUT2D eigenvalue weighted by molar-refractivity contribution is 0.440. The normalized spacial score (nSPS) is 10.2. The van der Waals surface area contributed by atoms with Gasteiger partial charge in [0.15, 0.2) is 4.77 Å². The largest absolute Gasteiger partial charge is 0.337 e. The Bertz CT molecular complexity index is 263. The summed E-state index contributed by atoms with van der Waals surface area (Å²) in [5.41, 5.74) is 0.975. The molecule has 56 valence electrons. The van der Waals surface area contributed by atoms with Crippen LogP contribution in [0.4, 0.5) is 4.39 Å². The molecule has 0 aromatic carbocycles. The zero-order chi connectivity index (χ0) is 7.56. The van der Waals surface area contributed by atoms with Crippen LogP contribution in [0.2, 0.25) is 0 Å². The zero-order valence-corrected chi connectivity index (χ0v) is 6.54. The molecule has 1 heterocycles. The fourth-order valence-electron chi connectivity index (χ4n) is 0.845. The molecule has 10 heavy (non-hydrogen) atoms. The molecule has 0 bridgehead atoms. The topological polar surface area (TPSA) is 20.7 Å². The Balaban J connectivity index is 2.99. The van der Waals surface area contributed by atoms with Crippen LogP contribution >= 0.6 is 12.2 Å². The predicted octanol–water partition coefficient (Wildman–Crippen LogP) is 1.82. The molecule has 4 heteroatoms. The van der Waals surface area contributed by atoms with Gasteiger partial charge in [-0.3, -0.25) is 0 Å². The molecular weight excluding hydrogens is 151 g/mol. The van der Waals surface area contributed by atoms with Gasteiger partial charge < -0.3 is 9.55 Å². The van der Waals surface area contributed by atoms with Gasteiger partial charge in [-0.05, 0) is 19.1 Å². The van der Waals surface area contributed by atoms with Gasteiger partial charge >= 0.3 is 0 Å². The van der Waals surface area contributed by atoms with Gasteiger partial charge in [-0.1, -0.05) is 0 Å². The molecule has 1 aromatic heterocycles. The number of H-pyrrole nitrogens is 1. The van der Waals surface area contributed by atoms with E-state index in [1.807, 2.05) is 6.92 Å². The van der Waals surface area contributed by atoms with E-state index in [2.05, 4.69) is 4.98 Å². The zero-order valence-electron chi connectivity index (χ0n) is 5.72. The minimum Gasteiger partial charge on any atom is -0.337 e. The molecule has 0 aliphatic carbocycles. The molecule has 0 fully saturated rings. The quantitative estimate of drug-likeness (QED) is 0.654. The Morgan fingerprint density at radius 1 is 1.80 bits per heavy atom. The van der Waals surface area contributed by atoms with Gasteiger partial charge in [-0.25, -0.2) is 4.39 Å². The second-order valence-corrected chi connectivity index (χ2v) is 2.46. The van der Waals surface area contributed by atoms with E-state index in [9.17, 15) is 4.39 Å². The fourth-order valence-corrected chi connectivity index (χ4v) is 1.14. The first kappa shape index (κ1) is 7.47. The van der Waals surface area contributed by atoms with Crippen molar-refractivity contribution in [2.45, 2.75) is 13.5 Å². The van der Waals surface area contributed by atoms with Crippen LogP contribution in [-0.4, -0.2) is 16.2 Å². The number of aromatic amines is 1. The third-order valence-electron chi connectivity index (χ3n) is 1.38.